The van der Waals surface area contributed by atoms with E-state index in [2.05, 4.69) is 21.7 Å². The SMILES string of the molecule is CN(C)[C@H](CNC(=O)c1ccc(Cl)cc1Cl)c1ccsc1. The maximum absolute atomic E-state index is 12.2. The molecule has 2 rings (SSSR count). The molecule has 0 unspecified atom stereocenters. The fourth-order valence-electron chi connectivity index (χ4n) is 2.02. The van der Waals surface area contributed by atoms with Gasteiger partial charge in [-0.3, -0.25) is 4.79 Å². The molecule has 0 saturated carbocycles. The summed E-state index contributed by atoms with van der Waals surface area (Å²) in [6.07, 6.45) is 0. The zero-order chi connectivity index (χ0) is 15.4. The second kappa shape index (κ2) is 7.27. The molecule has 0 aliphatic rings. The second-order valence-corrected chi connectivity index (χ2v) is 6.49. The van der Waals surface area contributed by atoms with Gasteiger partial charge in [-0.05, 0) is 54.7 Å². The van der Waals surface area contributed by atoms with Gasteiger partial charge in [0.05, 0.1) is 16.6 Å². The molecule has 0 fully saturated rings. The first-order valence-electron chi connectivity index (χ1n) is 6.41. The third-order valence-corrected chi connectivity index (χ3v) is 4.43. The molecule has 21 heavy (non-hydrogen) atoms. The highest BCUT2D eigenvalue weighted by molar-refractivity contribution is 7.07. The third-order valence-electron chi connectivity index (χ3n) is 3.18. The van der Waals surface area contributed by atoms with Crippen LogP contribution in [-0.2, 0) is 0 Å². The maximum atomic E-state index is 12.2. The van der Waals surface area contributed by atoms with Crippen LogP contribution in [0.1, 0.15) is 22.0 Å². The quantitative estimate of drug-likeness (QED) is 0.887. The number of rotatable bonds is 5. The molecule has 112 valence electrons. The molecular formula is C15H16Cl2N2OS. The number of nitrogens with zero attached hydrogens (tertiary/aromatic N) is 1. The second-order valence-electron chi connectivity index (χ2n) is 4.87. The normalized spacial score (nSPS) is 12.4. The maximum Gasteiger partial charge on any atom is 0.252 e. The standard InChI is InChI=1S/C15H16Cl2N2OS/c1-19(2)14(10-5-6-21-9-10)8-18-15(20)12-4-3-11(16)7-13(12)17/h3-7,9,14H,8H2,1-2H3,(H,18,20)/t14-/m1/s1. The van der Waals surface area contributed by atoms with E-state index >= 15 is 0 Å². The Labute approximate surface area is 138 Å². The summed E-state index contributed by atoms with van der Waals surface area (Å²) in [6, 6.07) is 7.06. The summed E-state index contributed by atoms with van der Waals surface area (Å²) in [5.41, 5.74) is 1.62. The first kappa shape index (κ1) is 16.3. The average molecular weight is 343 g/mol. The van der Waals surface area contributed by atoms with Crippen LogP contribution in [-0.4, -0.2) is 31.4 Å². The Bertz CT molecular complexity index is 614. The number of halogens is 2. The van der Waals surface area contributed by atoms with Gasteiger partial charge >= 0.3 is 0 Å². The van der Waals surface area contributed by atoms with Crippen molar-refractivity contribution < 1.29 is 4.79 Å². The number of benzene rings is 1. The van der Waals surface area contributed by atoms with Crippen LogP contribution in [0.2, 0.25) is 10.0 Å². The largest absolute Gasteiger partial charge is 0.350 e. The Kier molecular flexibility index (Phi) is 5.65. The van der Waals surface area contributed by atoms with Gasteiger partial charge in [0.1, 0.15) is 0 Å². The summed E-state index contributed by atoms with van der Waals surface area (Å²) in [7, 11) is 3.98. The highest BCUT2D eigenvalue weighted by Gasteiger charge is 2.17. The van der Waals surface area contributed by atoms with Gasteiger partial charge < -0.3 is 10.2 Å². The van der Waals surface area contributed by atoms with Crippen LogP contribution in [0.25, 0.3) is 0 Å². The molecule has 6 heteroatoms. The van der Waals surface area contributed by atoms with E-state index in [-0.39, 0.29) is 11.9 Å². The Hall–Kier alpha value is -1.07. The average Bonchev–Trinajstić information content (AvgIpc) is 2.92. The minimum absolute atomic E-state index is 0.131. The van der Waals surface area contributed by atoms with Crippen LogP contribution in [0, 0.1) is 0 Å². The Balaban J connectivity index is 2.05. The van der Waals surface area contributed by atoms with Crippen molar-refractivity contribution in [3.05, 3.63) is 56.2 Å². The minimum Gasteiger partial charge on any atom is -0.350 e. The minimum atomic E-state index is -0.196. The molecule has 0 aliphatic carbocycles. The number of carbonyl (C=O) groups excluding carboxylic acids is 1. The molecule has 1 amide bonds. The number of nitrogens with one attached hydrogen (secondary N) is 1. The van der Waals surface area contributed by atoms with E-state index in [1.807, 2.05) is 19.5 Å². The van der Waals surface area contributed by atoms with Crippen LogP contribution < -0.4 is 5.32 Å². The van der Waals surface area contributed by atoms with Crippen LogP contribution in [0.15, 0.2) is 35.0 Å². The van der Waals surface area contributed by atoms with E-state index in [0.717, 1.165) is 0 Å². The summed E-state index contributed by atoms with van der Waals surface area (Å²) in [5, 5.41) is 7.92. The molecule has 0 saturated heterocycles. The zero-order valence-corrected chi connectivity index (χ0v) is 14.1. The topological polar surface area (TPSA) is 32.3 Å². The van der Waals surface area contributed by atoms with E-state index in [1.54, 1.807) is 29.5 Å². The lowest BCUT2D eigenvalue weighted by Gasteiger charge is -2.24. The molecular weight excluding hydrogens is 327 g/mol. The van der Waals surface area contributed by atoms with Gasteiger partial charge in [-0.2, -0.15) is 11.3 Å². The number of thiophene rings is 1. The van der Waals surface area contributed by atoms with E-state index in [1.165, 1.54) is 5.56 Å². The molecule has 1 aromatic heterocycles. The van der Waals surface area contributed by atoms with Gasteiger partial charge in [0, 0.05) is 11.6 Å². The molecule has 1 atom stereocenters. The molecule has 3 nitrogen and oxygen atoms in total. The lowest BCUT2D eigenvalue weighted by molar-refractivity contribution is 0.0942. The fraction of sp³-hybridized carbons (Fsp3) is 0.267. The van der Waals surface area contributed by atoms with Crippen molar-refractivity contribution in [2.45, 2.75) is 6.04 Å². The van der Waals surface area contributed by atoms with Gasteiger partial charge in [-0.15, -0.1) is 0 Å². The Morgan fingerprint density at radius 3 is 2.67 bits per heavy atom. The number of hydrogen-bond acceptors (Lipinski definition) is 3. The van der Waals surface area contributed by atoms with Crippen molar-refractivity contribution in [1.29, 1.82) is 0 Å². The van der Waals surface area contributed by atoms with E-state index in [4.69, 9.17) is 23.2 Å². The molecule has 0 spiro atoms. The third kappa shape index (κ3) is 4.20. The van der Waals surface area contributed by atoms with Gasteiger partial charge in [-0.1, -0.05) is 23.2 Å². The number of likely N-dealkylation sites (N-methyl/N-ethyl adjacent to an activating group) is 1. The van der Waals surface area contributed by atoms with Crippen molar-refractivity contribution in [3.8, 4) is 0 Å². The molecule has 2 aromatic rings. The lowest BCUT2D eigenvalue weighted by atomic mass is 10.1. The summed E-state index contributed by atoms with van der Waals surface area (Å²) < 4.78 is 0. The highest BCUT2D eigenvalue weighted by Crippen LogP contribution is 2.22. The van der Waals surface area contributed by atoms with Crippen molar-refractivity contribution >= 4 is 40.4 Å². The predicted octanol–water partition coefficient (Wildman–Crippen LogP) is 4.09. The van der Waals surface area contributed by atoms with E-state index in [9.17, 15) is 4.79 Å². The van der Waals surface area contributed by atoms with Gasteiger partial charge in [0.2, 0.25) is 0 Å². The molecule has 0 aliphatic heterocycles. The molecule has 1 aromatic carbocycles. The first-order valence-corrected chi connectivity index (χ1v) is 8.10. The summed E-state index contributed by atoms with van der Waals surface area (Å²) >= 11 is 13.5. The molecule has 1 heterocycles. The molecule has 1 N–H and O–H groups in total. The Morgan fingerprint density at radius 1 is 1.33 bits per heavy atom. The van der Waals surface area contributed by atoms with Crippen LogP contribution in [0.5, 0.6) is 0 Å². The fourth-order valence-corrected chi connectivity index (χ4v) is 3.22. The molecule has 0 radical (unpaired) electrons. The predicted molar refractivity (Wildman–Crippen MR) is 89.5 cm³/mol. The highest BCUT2D eigenvalue weighted by atomic mass is 35.5. The van der Waals surface area contributed by atoms with E-state index < -0.39 is 0 Å². The van der Waals surface area contributed by atoms with Crippen molar-refractivity contribution in [2.75, 3.05) is 20.6 Å². The zero-order valence-electron chi connectivity index (χ0n) is 11.8. The number of amides is 1. The van der Waals surface area contributed by atoms with Gasteiger partial charge in [0.25, 0.3) is 5.91 Å². The number of carbonyl (C=O) groups is 1. The van der Waals surface area contributed by atoms with Crippen molar-refractivity contribution in [2.24, 2.45) is 0 Å². The van der Waals surface area contributed by atoms with Crippen LogP contribution in [0.4, 0.5) is 0 Å². The smallest absolute Gasteiger partial charge is 0.252 e. The summed E-state index contributed by atoms with van der Waals surface area (Å²) in [4.78, 5) is 14.3. The van der Waals surface area contributed by atoms with Gasteiger partial charge in [0.15, 0.2) is 0 Å². The van der Waals surface area contributed by atoms with E-state index in [0.29, 0.717) is 22.2 Å². The van der Waals surface area contributed by atoms with Gasteiger partial charge in [-0.25, -0.2) is 0 Å². The monoisotopic (exact) mass is 342 g/mol. The van der Waals surface area contributed by atoms with Crippen LogP contribution >= 0.6 is 34.5 Å². The van der Waals surface area contributed by atoms with Crippen LogP contribution in [0.3, 0.4) is 0 Å². The lowest BCUT2D eigenvalue weighted by Crippen LogP contribution is -2.34. The first-order chi connectivity index (χ1) is 9.99. The summed E-state index contributed by atoms with van der Waals surface area (Å²) in [5.74, 6) is -0.196. The van der Waals surface area contributed by atoms with Crippen molar-refractivity contribution in [1.82, 2.24) is 10.2 Å². The number of hydrogen-bond donors (Lipinski definition) is 1. The van der Waals surface area contributed by atoms with Crippen molar-refractivity contribution in [3.63, 3.8) is 0 Å². The Morgan fingerprint density at radius 2 is 2.10 bits per heavy atom. The summed E-state index contributed by atoms with van der Waals surface area (Å²) in [6.45, 7) is 0.515. The molecule has 0 bridgehead atoms.